The molecule has 0 aliphatic rings. The number of hydrogen-bond donors (Lipinski definition) is 1. The number of carbonyl (C=O) groups is 1. The number of hydrogen-bond acceptors (Lipinski definition) is 6. The zero-order valence-corrected chi connectivity index (χ0v) is 14.7. The first-order chi connectivity index (χ1) is 12.4. The molecule has 2 aromatic carbocycles. The fourth-order valence-corrected chi connectivity index (χ4v) is 2.09. The third kappa shape index (κ3) is 5.04. The van der Waals surface area contributed by atoms with Gasteiger partial charge in [0.25, 0.3) is 5.91 Å². The van der Waals surface area contributed by atoms with E-state index in [2.05, 4.69) is 10.5 Å². The second kappa shape index (κ2) is 8.61. The van der Waals surface area contributed by atoms with Gasteiger partial charge in [0.2, 0.25) is 0 Å². The molecule has 136 valence electrons. The van der Waals surface area contributed by atoms with Crippen molar-refractivity contribution in [1.29, 1.82) is 0 Å². The minimum Gasteiger partial charge on any atom is -0.490 e. The molecule has 0 radical (unpaired) electrons. The molecular weight excluding hydrogens is 338 g/mol. The number of rotatable bonds is 7. The lowest BCUT2D eigenvalue weighted by molar-refractivity contribution is -0.385. The van der Waals surface area contributed by atoms with Crippen molar-refractivity contribution in [2.24, 2.45) is 5.10 Å². The summed E-state index contributed by atoms with van der Waals surface area (Å²) in [6, 6.07) is 9.91. The van der Waals surface area contributed by atoms with E-state index in [0.717, 1.165) is 11.1 Å². The van der Waals surface area contributed by atoms with E-state index < -0.39 is 10.8 Å². The maximum Gasteiger partial charge on any atom is 0.311 e. The van der Waals surface area contributed by atoms with Crippen molar-refractivity contribution in [1.82, 2.24) is 5.43 Å². The third-order valence-corrected chi connectivity index (χ3v) is 3.65. The highest BCUT2D eigenvalue weighted by Crippen LogP contribution is 2.26. The Morgan fingerprint density at radius 2 is 2.00 bits per heavy atom. The van der Waals surface area contributed by atoms with Crippen molar-refractivity contribution >= 4 is 17.8 Å². The molecule has 2 rings (SSSR count). The lowest BCUT2D eigenvalue weighted by Crippen LogP contribution is -2.24. The fraction of sp³-hybridized carbons (Fsp3) is 0.222. The quantitative estimate of drug-likeness (QED) is 0.466. The summed E-state index contributed by atoms with van der Waals surface area (Å²) in [5, 5.41) is 14.7. The maximum atomic E-state index is 11.8. The summed E-state index contributed by atoms with van der Waals surface area (Å²) >= 11 is 0. The minimum absolute atomic E-state index is 0.151. The van der Waals surface area contributed by atoms with Crippen LogP contribution in [0.25, 0.3) is 0 Å². The van der Waals surface area contributed by atoms with E-state index in [1.807, 2.05) is 26.0 Å². The van der Waals surface area contributed by atoms with Crippen molar-refractivity contribution in [3.63, 3.8) is 0 Å². The Hall–Kier alpha value is -3.42. The topological polar surface area (TPSA) is 103 Å². The van der Waals surface area contributed by atoms with Crippen molar-refractivity contribution in [2.45, 2.75) is 13.8 Å². The standard InChI is InChI=1S/C18H19N3O5/c1-12-4-6-15(8-13(12)2)26-11-18(22)20-19-10-14-5-7-17(25-3)16(9-14)21(23)24/h4-10H,11H2,1-3H3,(H,20,22). The van der Waals surface area contributed by atoms with Crippen LogP contribution < -0.4 is 14.9 Å². The molecule has 8 heteroatoms. The number of aryl methyl sites for hydroxylation is 2. The van der Waals surface area contributed by atoms with Crippen LogP contribution in [-0.4, -0.2) is 30.8 Å². The number of nitro groups is 1. The van der Waals surface area contributed by atoms with E-state index in [9.17, 15) is 14.9 Å². The van der Waals surface area contributed by atoms with Crippen LogP contribution >= 0.6 is 0 Å². The molecule has 0 spiro atoms. The highest BCUT2D eigenvalue weighted by Gasteiger charge is 2.14. The molecule has 0 unspecified atom stereocenters. The molecule has 0 saturated heterocycles. The molecule has 0 aromatic heterocycles. The Bertz CT molecular complexity index is 849. The first-order valence-corrected chi connectivity index (χ1v) is 7.75. The Morgan fingerprint density at radius 3 is 2.65 bits per heavy atom. The zero-order valence-electron chi connectivity index (χ0n) is 14.7. The number of ether oxygens (including phenoxy) is 2. The molecule has 2 aromatic rings. The first-order valence-electron chi connectivity index (χ1n) is 7.75. The van der Waals surface area contributed by atoms with Crippen molar-refractivity contribution in [2.75, 3.05) is 13.7 Å². The van der Waals surface area contributed by atoms with Gasteiger partial charge in [0.15, 0.2) is 12.4 Å². The number of nitrogens with one attached hydrogen (secondary N) is 1. The van der Waals surface area contributed by atoms with Gasteiger partial charge in [-0.3, -0.25) is 14.9 Å². The number of nitrogens with zero attached hydrogens (tertiary/aromatic N) is 2. The molecule has 0 fully saturated rings. The van der Waals surface area contributed by atoms with Crippen molar-refractivity contribution < 1.29 is 19.2 Å². The smallest absolute Gasteiger partial charge is 0.311 e. The van der Waals surface area contributed by atoms with E-state index in [-0.39, 0.29) is 18.0 Å². The fourth-order valence-electron chi connectivity index (χ4n) is 2.09. The molecule has 0 heterocycles. The molecule has 26 heavy (non-hydrogen) atoms. The van der Waals surface area contributed by atoms with E-state index in [4.69, 9.17) is 9.47 Å². The highest BCUT2D eigenvalue weighted by molar-refractivity contribution is 5.84. The largest absolute Gasteiger partial charge is 0.490 e. The van der Waals surface area contributed by atoms with Gasteiger partial charge in [-0.1, -0.05) is 6.07 Å². The number of carbonyl (C=O) groups excluding carboxylic acids is 1. The van der Waals surface area contributed by atoms with Crippen LogP contribution in [0.5, 0.6) is 11.5 Å². The van der Waals surface area contributed by atoms with E-state index in [0.29, 0.717) is 11.3 Å². The van der Waals surface area contributed by atoms with Gasteiger partial charge in [-0.05, 0) is 49.2 Å². The number of methoxy groups -OCH3 is 1. The summed E-state index contributed by atoms with van der Waals surface area (Å²) in [5.41, 5.74) is 4.79. The molecule has 0 atom stereocenters. The lowest BCUT2D eigenvalue weighted by Gasteiger charge is -2.07. The van der Waals surface area contributed by atoms with Crippen LogP contribution in [0.4, 0.5) is 5.69 Å². The molecule has 1 N–H and O–H groups in total. The van der Waals surface area contributed by atoms with E-state index >= 15 is 0 Å². The van der Waals surface area contributed by atoms with Crippen LogP contribution in [0, 0.1) is 24.0 Å². The van der Waals surface area contributed by atoms with Gasteiger partial charge >= 0.3 is 5.69 Å². The normalized spacial score (nSPS) is 10.6. The SMILES string of the molecule is COc1ccc(C=NNC(=O)COc2ccc(C)c(C)c2)cc1[N+](=O)[O-]. The van der Waals surface area contributed by atoms with E-state index in [1.165, 1.54) is 25.5 Å². The second-order valence-electron chi connectivity index (χ2n) is 5.52. The Labute approximate surface area is 150 Å². The van der Waals surface area contributed by atoms with Crippen molar-refractivity contribution in [3.8, 4) is 11.5 Å². The average molecular weight is 357 g/mol. The van der Waals surface area contributed by atoms with Gasteiger partial charge in [0.1, 0.15) is 5.75 Å². The maximum absolute atomic E-state index is 11.8. The van der Waals surface area contributed by atoms with Gasteiger partial charge in [0.05, 0.1) is 18.2 Å². The summed E-state index contributed by atoms with van der Waals surface area (Å²) in [4.78, 5) is 22.2. The summed E-state index contributed by atoms with van der Waals surface area (Å²) in [5.74, 6) is 0.304. The van der Waals surface area contributed by atoms with Gasteiger partial charge in [-0.15, -0.1) is 0 Å². The van der Waals surface area contributed by atoms with Crippen LogP contribution in [0.3, 0.4) is 0 Å². The molecule has 1 amide bonds. The Kier molecular flexibility index (Phi) is 6.26. The number of amides is 1. The predicted octanol–water partition coefficient (Wildman–Crippen LogP) is 2.75. The van der Waals surface area contributed by atoms with Gasteiger partial charge < -0.3 is 9.47 Å². The second-order valence-corrected chi connectivity index (χ2v) is 5.52. The first kappa shape index (κ1) is 18.9. The summed E-state index contributed by atoms with van der Waals surface area (Å²) in [6.07, 6.45) is 1.31. The zero-order chi connectivity index (χ0) is 19.1. The molecule has 8 nitrogen and oxygen atoms in total. The molecule has 0 bridgehead atoms. The number of nitro benzene ring substituents is 1. The Balaban J connectivity index is 1.91. The summed E-state index contributed by atoms with van der Waals surface area (Å²) in [6.45, 7) is 3.76. The van der Waals surface area contributed by atoms with E-state index in [1.54, 1.807) is 12.1 Å². The monoisotopic (exact) mass is 357 g/mol. The van der Waals surface area contributed by atoms with Crippen LogP contribution in [0.2, 0.25) is 0 Å². The van der Waals surface area contributed by atoms with Crippen LogP contribution in [0.1, 0.15) is 16.7 Å². The van der Waals surface area contributed by atoms with Crippen LogP contribution in [0.15, 0.2) is 41.5 Å². The average Bonchev–Trinajstić information content (AvgIpc) is 2.62. The van der Waals surface area contributed by atoms with Gasteiger partial charge in [-0.2, -0.15) is 5.10 Å². The number of benzene rings is 2. The highest BCUT2D eigenvalue weighted by atomic mass is 16.6. The molecule has 0 saturated carbocycles. The lowest BCUT2D eigenvalue weighted by atomic mass is 10.1. The van der Waals surface area contributed by atoms with Gasteiger partial charge in [-0.25, -0.2) is 5.43 Å². The molecule has 0 aliphatic heterocycles. The number of hydrazone groups is 1. The summed E-state index contributed by atoms with van der Waals surface area (Å²) in [7, 11) is 1.35. The predicted molar refractivity (Wildman–Crippen MR) is 96.8 cm³/mol. The Morgan fingerprint density at radius 1 is 1.23 bits per heavy atom. The molecule has 0 aliphatic carbocycles. The molecular formula is C18H19N3O5. The van der Waals surface area contributed by atoms with Gasteiger partial charge in [0, 0.05) is 11.6 Å². The minimum atomic E-state index is -0.549. The van der Waals surface area contributed by atoms with Crippen LogP contribution in [-0.2, 0) is 4.79 Å². The van der Waals surface area contributed by atoms with Crippen molar-refractivity contribution in [3.05, 3.63) is 63.2 Å². The summed E-state index contributed by atoms with van der Waals surface area (Å²) < 4.78 is 10.3. The third-order valence-electron chi connectivity index (χ3n) is 3.65.